The Hall–Kier alpha value is -1.81. The van der Waals surface area contributed by atoms with E-state index in [-0.39, 0.29) is 5.56 Å². The molecule has 0 radical (unpaired) electrons. The van der Waals surface area contributed by atoms with Gasteiger partial charge in [-0.3, -0.25) is 0 Å². The SMILES string of the molecule is CCCc1ccc(Oc2ccc(C(=O)O)c(Br)c2)cc1. The third kappa shape index (κ3) is 3.61. The van der Waals surface area contributed by atoms with Gasteiger partial charge in [0.15, 0.2) is 0 Å². The molecule has 0 amide bonds. The number of carboxylic acid groups (broad SMARTS) is 1. The predicted molar refractivity (Wildman–Crippen MR) is 81.6 cm³/mol. The largest absolute Gasteiger partial charge is 0.478 e. The topological polar surface area (TPSA) is 46.5 Å². The van der Waals surface area contributed by atoms with Crippen molar-refractivity contribution in [3.05, 3.63) is 58.1 Å². The Morgan fingerprint density at radius 3 is 2.35 bits per heavy atom. The zero-order valence-corrected chi connectivity index (χ0v) is 12.7. The first-order chi connectivity index (χ1) is 9.60. The third-order valence-electron chi connectivity index (χ3n) is 2.87. The number of carboxylic acids is 1. The molecule has 0 aliphatic carbocycles. The Morgan fingerprint density at radius 1 is 1.15 bits per heavy atom. The number of aromatic carboxylic acids is 1. The van der Waals surface area contributed by atoms with Gasteiger partial charge in [0, 0.05) is 4.47 Å². The van der Waals surface area contributed by atoms with Crippen molar-refractivity contribution in [1.29, 1.82) is 0 Å². The number of benzene rings is 2. The molecule has 20 heavy (non-hydrogen) atoms. The second-order valence-corrected chi connectivity index (χ2v) is 5.30. The number of ether oxygens (including phenoxy) is 1. The Labute approximate surface area is 126 Å². The van der Waals surface area contributed by atoms with E-state index in [1.807, 2.05) is 24.3 Å². The average Bonchev–Trinajstić information content (AvgIpc) is 2.41. The van der Waals surface area contributed by atoms with Crippen LogP contribution in [0.1, 0.15) is 29.3 Å². The van der Waals surface area contributed by atoms with Crippen LogP contribution in [0.5, 0.6) is 11.5 Å². The Morgan fingerprint density at radius 2 is 1.80 bits per heavy atom. The molecule has 0 fully saturated rings. The third-order valence-corrected chi connectivity index (χ3v) is 3.52. The number of aryl methyl sites for hydroxylation is 1. The van der Waals surface area contributed by atoms with Gasteiger partial charge in [0.05, 0.1) is 5.56 Å². The molecule has 0 aliphatic rings. The first-order valence-corrected chi connectivity index (χ1v) is 7.19. The summed E-state index contributed by atoms with van der Waals surface area (Å²) in [6, 6.07) is 12.7. The van der Waals surface area contributed by atoms with Crippen LogP contribution in [-0.4, -0.2) is 11.1 Å². The smallest absolute Gasteiger partial charge is 0.336 e. The minimum Gasteiger partial charge on any atom is -0.478 e. The minimum absolute atomic E-state index is 0.218. The van der Waals surface area contributed by atoms with E-state index in [1.54, 1.807) is 12.1 Å². The van der Waals surface area contributed by atoms with Gasteiger partial charge in [-0.2, -0.15) is 0 Å². The summed E-state index contributed by atoms with van der Waals surface area (Å²) in [4.78, 5) is 10.9. The summed E-state index contributed by atoms with van der Waals surface area (Å²) in [5.74, 6) is 0.372. The fourth-order valence-electron chi connectivity index (χ4n) is 1.88. The summed E-state index contributed by atoms with van der Waals surface area (Å²) in [6.07, 6.45) is 2.17. The molecule has 0 atom stereocenters. The molecular weight excluding hydrogens is 320 g/mol. The van der Waals surface area contributed by atoms with E-state index in [1.165, 1.54) is 11.6 Å². The monoisotopic (exact) mass is 334 g/mol. The molecule has 0 heterocycles. The summed E-state index contributed by atoms with van der Waals surface area (Å²) in [5.41, 5.74) is 1.50. The van der Waals surface area contributed by atoms with E-state index in [0.717, 1.165) is 18.6 Å². The van der Waals surface area contributed by atoms with Crippen molar-refractivity contribution in [2.24, 2.45) is 0 Å². The number of hydrogen-bond acceptors (Lipinski definition) is 2. The second kappa shape index (κ2) is 6.57. The van der Waals surface area contributed by atoms with Crippen molar-refractivity contribution in [1.82, 2.24) is 0 Å². The lowest BCUT2D eigenvalue weighted by Gasteiger charge is -2.08. The van der Waals surface area contributed by atoms with Gasteiger partial charge in [0.1, 0.15) is 11.5 Å². The lowest BCUT2D eigenvalue weighted by molar-refractivity contribution is 0.0696. The minimum atomic E-state index is -0.965. The van der Waals surface area contributed by atoms with Crippen molar-refractivity contribution in [3.63, 3.8) is 0 Å². The first kappa shape index (κ1) is 14.6. The maximum Gasteiger partial charge on any atom is 0.336 e. The highest BCUT2D eigenvalue weighted by Crippen LogP contribution is 2.27. The molecule has 0 aromatic heterocycles. The predicted octanol–water partition coefficient (Wildman–Crippen LogP) is 4.89. The Kier molecular flexibility index (Phi) is 4.79. The first-order valence-electron chi connectivity index (χ1n) is 6.40. The molecular formula is C16H15BrO3. The van der Waals surface area contributed by atoms with Crippen LogP contribution in [0.3, 0.4) is 0 Å². The maximum atomic E-state index is 10.9. The highest BCUT2D eigenvalue weighted by Gasteiger charge is 2.09. The highest BCUT2D eigenvalue weighted by atomic mass is 79.9. The Balaban J connectivity index is 2.13. The molecule has 2 aromatic carbocycles. The molecule has 2 rings (SSSR count). The van der Waals surface area contributed by atoms with Crippen LogP contribution in [0.4, 0.5) is 0 Å². The van der Waals surface area contributed by atoms with Gasteiger partial charge in [-0.1, -0.05) is 25.5 Å². The van der Waals surface area contributed by atoms with Crippen LogP contribution in [0.15, 0.2) is 46.9 Å². The van der Waals surface area contributed by atoms with Gasteiger partial charge in [-0.05, 0) is 58.2 Å². The van der Waals surface area contributed by atoms with Gasteiger partial charge < -0.3 is 9.84 Å². The van der Waals surface area contributed by atoms with Crippen LogP contribution in [0.2, 0.25) is 0 Å². The number of hydrogen-bond donors (Lipinski definition) is 1. The summed E-state index contributed by atoms with van der Waals surface area (Å²) in [6.45, 7) is 2.14. The van der Waals surface area contributed by atoms with Gasteiger partial charge in [0.2, 0.25) is 0 Å². The molecule has 4 heteroatoms. The van der Waals surface area contributed by atoms with Crippen molar-refractivity contribution in [2.75, 3.05) is 0 Å². The zero-order valence-electron chi connectivity index (χ0n) is 11.1. The van der Waals surface area contributed by atoms with Crippen LogP contribution < -0.4 is 4.74 Å². The number of rotatable bonds is 5. The molecule has 0 aliphatic heterocycles. The van der Waals surface area contributed by atoms with Crippen molar-refractivity contribution < 1.29 is 14.6 Å². The van der Waals surface area contributed by atoms with E-state index in [2.05, 4.69) is 22.9 Å². The molecule has 0 saturated carbocycles. The quantitative estimate of drug-likeness (QED) is 0.846. The lowest BCUT2D eigenvalue weighted by atomic mass is 10.1. The zero-order chi connectivity index (χ0) is 14.5. The second-order valence-electron chi connectivity index (χ2n) is 4.44. The van der Waals surface area contributed by atoms with Gasteiger partial charge >= 0.3 is 5.97 Å². The van der Waals surface area contributed by atoms with Crippen molar-refractivity contribution in [2.45, 2.75) is 19.8 Å². The maximum absolute atomic E-state index is 10.9. The van der Waals surface area contributed by atoms with Gasteiger partial charge in [0.25, 0.3) is 0 Å². The molecule has 0 bridgehead atoms. The summed E-state index contributed by atoms with van der Waals surface area (Å²) in [5, 5.41) is 8.96. The summed E-state index contributed by atoms with van der Waals surface area (Å²) in [7, 11) is 0. The van der Waals surface area contributed by atoms with Crippen molar-refractivity contribution in [3.8, 4) is 11.5 Å². The van der Waals surface area contributed by atoms with E-state index in [0.29, 0.717) is 10.2 Å². The van der Waals surface area contributed by atoms with Crippen LogP contribution in [0, 0.1) is 0 Å². The molecule has 2 aromatic rings. The van der Waals surface area contributed by atoms with Crippen molar-refractivity contribution >= 4 is 21.9 Å². The average molecular weight is 335 g/mol. The summed E-state index contributed by atoms with van der Waals surface area (Å²) < 4.78 is 6.21. The van der Waals surface area contributed by atoms with E-state index >= 15 is 0 Å². The molecule has 0 saturated heterocycles. The van der Waals surface area contributed by atoms with Gasteiger partial charge in [-0.15, -0.1) is 0 Å². The normalized spacial score (nSPS) is 10.3. The van der Waals surface area contributed by atoms with Crippen LogP contribution in [0.25, 0.3) is 0 Å². The van der Waals surface area contributed by atoms with Crippen LogP contribution in [-0.2, 0) is 6.42 Å². The summed E-state index contributed by atoms with van der Waals surface area (Å²) >= 11 is 3.23. The van der Waals surface area contributed by atoms with Gasteiger partial charge in [-0.25, -0.2) is 4.79 Å². The molecule has 104 valence electrons. The van der Waals surface area contributed by atoms with E-state index < -0.39 is 5.97 Å². The van der Waals surface area contributed by atoms with E-state index in [9.17, 15) is 4.79 Å². The molecule has 3 nitrogen and oxygen atoms in total. The number of carbonyl (C=O) groups is 1. The highest BCUT2D eigenvalue weighted by molar-refractivity contribution is 9.10. The van der Waals surface area contributed by atoms with Crippen LogP contribution >= 0.6 is 15.9 Å². The molecule has 1 N–H and O–H groups in total. The molecule has 0 spiro atoms. The molecule has 0 unspecified atom stereocenters. The Bertz CT molecular complexity index is 606. The number of halogens is 1. The lowest BCUT2D eigenvalue weighted by Crippen LogP contribution is -1.97. The standard InChI is InChI=1S/C16H15BrO3/c1-2-3-11-4-6-12(7-5-11)20-13-8-9-14(16(18)19)15(17)10-13/h4-10H,2-3H2,1H3,(H,18,19). The fourth-order valence-corrected chi connectivity index (χ4v) is 2.41. The van der Waals surface area contributed by atoms with E-state index in [4.69, 9.17) is 9.84 Å². The fraction of sp³-hybridized carbons (Fsp3) is 0.188.